The molecule has 0 radical (unpaired) electrons. The van der Waals surface area contributed by atoms with E-state index in [9.17, 15) is 9.59 Å². The van der Waals surface area contributed by atoms with Crippen LogP contribution in [-0.4, -0.2) is 30.7 Å². The van der Waals surface area contributed by atoms with E-state index >= 15 is 0 Å². The number of carbonyl (C=O) groups is 1. The Morgan fingerprint density at radius 1 is 1.39 bits per heavy atom. The number of fused-ring (bicyclic) bond motifs is 1. The third-order valence-corrected chi connectivity index (χ3v) is 5.73. The Labute approximate surface area is 143 Å². The number of rotatable bonds is 5. The van der Waals surface area contributed by atoms with Crippen molar-refractivity contribution >= 4 is 50.4 Å². The molecule has 23 heavy (non-hydrogen) atoms. The number of nitrogens with one attached hydrogen (secondary N) is 1. The van der Waals surface area contributed by atoms with Gasteiger partial charge in [0.05, 0.1) is 5.69 Å². The van der Waals surface area contributed by atoms with Crippen molar-refractivity contribution in [3.8, 4) is 0 Å². The zero-order valence-electron chi connectivity index (χ0n) is 12.3. The first-order valence-corrected chi connectivity index (χ1v) is 9.29. The molecule has 8 nitrogen and oxygen atoms in total. The van der Waals surface area contributed by atoms with Crippen LogP contribution < -0.4 is 10.9 Å². The van der Waals surface area contributed by atoms with Gasteiger partial charge in [-0.2, -0.15) is 9.61 Å². The summed E-state index contributed by atoms with van der Waals surface area (Å²) in [7, 11) is 0. The highest BCUT2D eigenvalue weighted by Crippen LogP contribution is 2.27. The molecular formula is C12H12N6O2S3. The molecule has 0 bridgehead atoms. The molecule has 0 aliphatic rings. The van der Waals surface area contributed by atoms with Crippen LogP contribution in [0.2, 0.25) is 0 Å². The number of hydrogen-bond acceptors (Lipinski definition) is 9. The van der Waals surface area contributed by atoms with Crippen molar-refractivity contribution in [3.63, 3.8) is 0 Å². The van der Waals surface area contributed by atoms with Crippen molar-refractivity contribution in [1.29, 1.82) is 0 Å². The van der Waals surface area contributed by atoms with Crippen LogP contribution in [0.15, 0.2) is 15.2 Å². The van der Waals surface area contributed by atoms with Gasteiger partial charge in [-0.25, -0.2) is 4.98 Å². The topological polar surface area (TPSA) is 102 Å². The molecule has 3 rings (SSSR count). The quantitative estimate of drug-likeness (QED) is 0.541. The minimum atomic E-state index is -0.185. The van der Waals surface area contributed by atoms with E-state index < -0.39 is 0 Å². The first-order chi connectivity index (χ1) is 11.0. The Balaban J connectivity index is 1.75. The molecular weight excluding hydrogens is 356 g/mol. The molecule has 0 saturated carbocycles. The second-order valence-electron chi connectivity index (χ2n) is 4.47. The van der Waals surface area contributed by atoms with Crippen LogP contribution in [0, 0.1) is 0 Å². The summed E-state index contributed by atoms with van der Waals surface area (Å²) in [4.78, 5) is 28.1. The van der Waals surface area contributed by atoms with Crippen LogP contribution in [0.3, 0.4) is 0 Å². The normalized spacial score (nSPS) is 11.0. The van der Waals surface area contributed by atoms with Crippen molar-refractivity contribution in [1.82, 2.24) is 24.8 Å². The minimum Gasteiger partial charge on any atom is -0.301 e. The molecule has 3 aromatic heterocycles. The molecule has 0 fully saturated rings. The van der Waals surface area contributed by atoms with E-state index in [1.807, 2.05) is 6.92 Å². The van der Waals surface area contributed by atoms with Gasteiger partial charge in [-0.15, -0.1) is 10.2 Å². The molecule has 3 heterocycles. The van der Waals surface area contributed by atoms with Crippen LogP contribution >= 0.6 is 34.4 Å². The van der Waals surface area contributed by atoms with E-state index in [1.54, 1.807) is 0 Å². The van der Waals surface area contributed by atoms with Crippen molar-refractivity contribution in [3.05, 3.63) is 27.1 Å². The second-order valence-corrected chi connectivity index (χ2v) is 7.71. The molecule has 120 valence electrons. The van der Waals surface area contributed by atoms with Crippen LogP contribution in [0.5, 0.6) is 0 Å². The Morgan fingerprint density at radius 2 is 2.22 bits per heavy atom. The average molecular weight is 368 g/mol. The van der Waals surface area contributed by atoms with Gasteiger partial charge < -0.3 is 5.32 Å². The van der Waals surface area contributed by atoms with Crippen molar-refractivity contribution in [2.45, 2.75) is 30.4 Å². The van der Waals surface area contributed by atoms with Gasteiger partial charge in [-0.1, -0.05) is 41.4 Å². The highest BCUT2D eigenvalue weighted by molar-refractivity contribution is 8.00. The van der Waals surface area contributed by atoms with Gasteiger partial charge in [0, 0.05) is 18.7 Å². The fourth-order valence-electron chi connectivity index (χ4n) is 1.72. The lowest BCUT2D eigenvalue weighted by atomic mass is 10.4. The molecule has 0 aliphatic carbocycles. The van der Waals surface area contributed by atoms with Crippen molar-refractivity contribution in [2.75, 3.05) is 5.32 Å². The molecule has 0 unspecified atom stereocenters. The van der Waals surface area contributed by atoms with Gasteiger partial charge in [0.1, 0.15) is 5.01 Å². The van der Waals surface area contributed by atoms with E-state index in [0.29, 0.717) is 25.9 Å². The van der Waals surface area contributed by atoms with Gasteiger partial charge in [0.2, 0.25) is 16.0 Å². The Kier molecular flexibility index (Phi) is 4.68. The Morgan fingerprint density at radius 3 is 2.96 bits per heavy atom. The molecule has 11 heteroatoms. The number of hydrogen-bond donors (Lipinski definition) is 1. The summed E-state index contributed by atoms with van der Waals surface area (Å²) in [5.41, 5.74) is 0.486. The molecule has 0 aromatic carbocycles. The van der Waals surface area contributed by atoms with Gasteiger partial charge in [-0.05, 0) is 6.42 Å². The van der Waals surface area contributed by atoms with Crippen molar-refractivity contribution < 1.29 is 4.79 Å². The standard InChI is InChI=1S/C12H12N6O2S3/c1-3-8-17-18-9(20)4-7(14-11(18)22-8)5-21-12-16-15-10(23-12)13-6(2)19/h4H,3,5H2,1-2H3,(H,13,15,19). The molecule has 1 amide bonds. The van der Waals surface area contributed by atoms with Crippen LogP contribution in [0.25, 0.3) is 4.96 Å². The third-order valence-electron chi connectivity index (χ3n) is 2.68. The molecule has 3 aromatic rings. The first-order valence-electron chi connectivity index (χ1n) is 6.67. The van der Waals surface area contributed by atoms with Crippen LogP contribution in [-0.2, 0) is 17.0 Å². The lowest BCUT2D eigenvalue weighted by molar-refractivity contribution is -0.114. The van der Waals surface area contributed by atoms with Gasteiger partial charge in [0.25, 0.3) is 5.56 Å². The molecule has 0 spiro atoms. The zero-order valence-corrected chi connectivity index (χ0v) is 14.7. The summed E-state index contributed by atoms with van der Waals surface area (Å²) >= 11 is 4.12. The fourth-order valence-corrected chi connectivity index (χ4v) is 4.27. The molecule has 1 N–H and O–H groups in total. The van der Waals surface area contributed by atoms with E-state index in [-0.39, 0.29) is 11.5 Å². The van der Waals surface area contributed by atoms with Crippen LogP contribution in [0.1, 0.15) is 24.5 Å². The summed E-state index contributed by atoms with van der Waals surface area (Å²) in [6.45, 7) is 3.40. The first kappa shape index (κ1) is 16.0. The Hall–Kier alpha value is -1.85. The van der Waals surface area contributed by atoms with Crippen molar-refractivity contribution in [2.24, 2.45) is 0 Å². The molecule has 0 atom stereocenters. The molecule has 0 saturated heterocycles. The van der Waals surface area contributed by atoms with Gasteiger partial charge >= 0.3 is 0 Å². The SMILES string of the molecule is CCc1nn2c(=O)cc(CSc3nnc(NC(C)=O)s3)nc2s1. The maximum atomic E-state index is 12.1. The lowest BCUT2D eigenvalue weighted by Gasteiger charge is -1.97. The maximum absolute atomic E-state index is 12.1. The van der Waals surface area contributed by atoms with E-state index in [1.165, 1.54) is 51.9 Å². The monoisotopic (exact) mass is 368 g/mol. The maximum Gasteiger partial charge on any atom is 0.275 e. The third kappa shape index (κ3) is 3.74. The highest BCUT2D eigenvalue weighted by atomic mass is 32.2. The number of carbonyl (C=O) groups excluding carboxylic acids is 1. The predicted octanol–water partition coefficient (Wildman–Crippen LogP) is 1.82. The number of aromatic nitrogens is 5. The highest BCUT2D eigenvalue weighted by Gasteiger charge is 2.10. The summed E-state index contributed by atoms with van der Waals surface area (Å²) < 4.78 is 2.03. The number of aryl methyl sites for hydroxylation is 1. The van der Waals surface area contributed by atoms with Crippen LogP contribution in [0.4, 0.5) is 5.13 Å². The fraction of sp³-hybridized carbons (Fsp3) is 0.333. The number of thioether (sulfide) groups is 1. The molecule has 0 aliphatic heterocycles. The summed E-state index contributed by atoms with van der Waals surface area (Å²) in [5, 5.41) is 16.0. The second kappa shape index (κ2) is 6.72. The predicted molar refractivity (Wildman–Crippen MR) is 90.3 cm³/mol. The summed E-state index contributed by atoms with van der Waals surface area (Å²) in [6, 6.07) is 1.48. The smallest absolute Gasteiger partial charge is 0.275 e. The number of amides is 1. The summed E-state index contributed by atoms with van der Waals surface area (Å²) in [5.74, 6) is 0.314. The average Bonchev–Trinajstić information content (AvgIpc) is 3.11. The van der Waals surface area contributed by atoms with E-state index in [2.05, 4.69) is 25.6 Å². The number of nitrogens with zero attached hydrogens (tertiary/aromatic N) is 5. The summed E-state index contributed by atoms with van der Waals surface area (Å²) in [6.07, 6.45) is 0.772. The largest absolute Gasteiger partial charge is 0.301 e. The van der Waals surface area contributed by atoms with Gasteiger partial charge in [0.15, 0.2) is 4.34 Å². The zero-order chi connectivity index (χ0) is 16.4. The lowest BCUT2D eigenvalue weighted by Crippen LogP contribution is -2.15. The number of anilines is 1. The van der Waals surface area contributed by atoms with Gasteiger partial charge in [-0.3, -0.25) is 9.59 Å². The van der Waals surface area contributed by atoms with E-state index in [0.717, 1.165) is 11.4 Å². The minimum absolute atomic E-state index is 0.183. The Bertz CT molecular complexity index is 915. The van der Waals surface area contributed by atoms with E-state index in [4.69, 9.17) is 0 Å².